The molecule has 0 aromatic heterocycles. The molecule has 0 aliphatic rings. The van der Waals surface area contributed by atoms with Crippen molar-refractivity contribution in [1.29, 1.82) is 0 Å². The molecule has 7 heteroatoms. The summed E-state index contributed by atoms with van der Waals surface area (Å²) in [4.78, 5) is 13.4. The lowest BCUT2D eigenvalue weighted by molar-refractivity contribution is -0.120. The molecule has 0 saturated heterocycles. The van der Waals surface area contributed by atoms with Gasteiger partial charge in [-0.15, -0.1) is 11.8 Å². The van der Waals surface area contributed by atoms with Gasteiger partial charge in [0, 0.05) is 16.5 Å². The molecule has 0 radical (unpaired) electrons. The number of carbonyl (C=O) groups excluding carboxylic acids is 1. The first kappa shape index (κ1) is 20.3. The largest absolute Gasteiger partial charge is 0.493 e. The number of carbonyl (C=O) groups is 1. The molecule has 0 aliphatic heterocycles. The van der Waals surface area contributed by atoms with Crippen LogP contribution in [0.3, 0.4) is 0 Å². The standard InChI is InChI=1S/C19H22ClNO4S/c1-12(26-15-7-5-14(20)6-8-15)19(22)21-11-13-9-16(23-2)18(25-4)17(10-13)24-3/h5-10,12H,11H2,1-4H3,(H,21,22)/t12-/m1/s1. The number of rotatable bonds is 8. The van der Waals surface area contributed by atoms with Crippen molar-refractivity contribution in [2.45, 2.75) is 23.6 Å². The van der Waals surface area contributed by atoms with Crippen LogP contribution in [0.1, 0.15) is 12.5 Å². The predicted molar refractivity (Wildman–Crippen MR) is 105 cm³/mol. The maximum absolute atomic E-state index is 12.4. The minimum absolute atomic E-state index is 0.0568. The van der Waals surface area contributed by atoms with E-state index in [4.69, 9.17) is 25.8 Å². The van der Waals surface area contributed by atoms with Crippen LogP contribution in [-0.4, -0.2) is 32.5 Å². The van der Waals surface area contributed by atoms with Crippen LogP contribution in [0.25, 0.3) is 0 Å². The summed E-state index contributed by atoms with van der Waals surface area (Å²) >= 11 is 7.36. The molecule has 0 saturated carbocycles. The third kappa shape index (κ3) is 5.22. The average molecular weight is 396 g/mol. The van der Waals surface area contributed by atoms with Gasteiger partial charge in [-0.2, -0.15) is 0 Å². The minimum Gasteiger partial charge on any atom is -0.493 e. The highest BCUT2D eigenvalue weighted by atomic mass is 35.5. The first-order valence-corrected chi connectivity index (χ1v) is 9.23. The molecule has 0 aliphatic carbocycles. The number of thioether (sulfide) groups is 1. The van der Waals surface area contributed by atoms with Crippen molar-refractivity contribution in [3.63, 3.8) is 0 Å². The quantitative estimate of drug-likeness (QED) is 0.680. The zero-order valence-electron chi connectivity index (χ0n) is 15.2. The SMILES string of the molecule is COc1cc(CNC(=O)[C@@H](C)Sc2ccc(Cl)cc2)cc(OC)c1OC. The second-order valence-corrected chi connectivity index (χ2v) is 7.32. The van der Waals surface area contributed by atoms with Crippen molar-refractivity contribution >= 4 is 29.3 Å². The Hall–Kier alpha value is -2.05. The summed E-state index contributed by atoms with van der Waals surface area (Å²) in [6.07, 6.45) is 0. The Morgan fingerprint density at radius 2 is 1.65 bits per heavy atom. The molecule has 1 N–H and O–H groups in total. The molecule has 2 aromatic carbocycles. The van der Waals surface area contributed by atoms with E-state index < -0.39 is 0 Å². The molecule has 1 atom stereocenters. The molecule has 0 heterocycles. The van der Waals surface area contributed by atoms with Gasteiger partial charge in [0.2, 0.25) is 11.7 Å². The number of methoxy groups -OCH3 is 3. The summed E-state index contributed by atoms with van der Waals surface area (Å²) in [6.45, 7) is 2.23. The van der Waals surface area contributed by atoms with Crippen LogP contribution in [0, 0.1) is 0 Å². The number of hydrogen-bond donors (Lipinski definition) is 1. The summed E-state index contributed by atoms with van der Waals surface area (Å²) in [7, 11) is 4.67. The molecule has 0 fully saturated rings. The van der Waals surface area contributed by atoms with Crippen LogP contribution in [0.15, 0.2) is 41.3 Å². The Morgan fingerprint density at radius 1 is 1.08 bits per heavy atom. The Balaban J connectivity index is 2.00. The van der Waals surface area contributed by atoms with E-state index >= 15 is 0 Å². The predicted octanol–water partition coefficient (Wildman–Crippen LogP) is 4.16. The van der Waals surface area contributed by atoms with Gasteiger partial charge in [-0.1, -0.05) is 11.6 Å². The third-order valence-corrected chi connectivity index (χ3v) is 5.05. The Bertz CT molecular complexity index is 727. The van der Waals surface area contributed by atoms with E-state index in [1.54, 1.807) is 21.3 Å². The van der Waals surface area contributed by atoms with Gasteiger partial charge in [0.1, 0.15) is 0 Å². The van der Waals surface area contributed by atoms with Gasteiger partial charge >= 0.3 is 0 Å². The highest BCUT2D eigenvalue weighted by Crippen LogP contribution is 2.38. The van der Waals surface area contributed by atoms with E-state index in [2.05, 4.69) is 5.32 Å². The second-order valence-electron chi connectivity index (χ2n) is 5.47. The van der Waals surface area contributed by atoms with E-state index in [0.717, 1.165) is 10.5 Å². The van der Waals surface area contributed by atoms with Gasteiger partial charge in [-0.3, -0.25) is 4.79 Å². The van der Waals surface area contributed by atoms with Gasteiger partial charge in [-0.25, -0.2) is 0 Å². The van der Waals surface area contributed by atoms with Crippen LogP contribution in [0.4, 0.5) is 0 Å². The topological polar surface area (TPSA) is 56.8 Å². The number of hydrogen-bond acceptors (Lipinski definition) is 5. The normalized spacial score (nSPS) is 11.6. The average Bonchev–Trinajstić information content (AvgIpc) is 2.66. The number of amides is 1. The van der Waals surface area contributed by atoms with Crippen LogP contribution < -0.4 is 19.5 Å². The molecule has 0 unspecified atom stereocenters. The molecule has 26 heavy (non-hydrogen) atoms. The van der Waals surface area contributed by atoms with Crippen molar-refractivity contribution in [3.8, 4) is 17.2 Å². The van der Waals surface area contributed by atoms with E-state index in [1.165, 1.54) is 11.8 Å². The van der Waals surface area contributed by atoms with Crippen molar-refractivity contribution in [2.24, 2.45) is 0 Å². The summed E-state index contributed by atoms with van der Waals surface area (Å²) in [5, 5.41) is 3.37. The van der Waals surface area contributed by atoms with Gasteiger partial charge in [-0.05, 0) is 48.9 Å². The van der Waals surface area contributed by atoms with Gasteiger partial charge in [0.25, 0.3) is 0 Å². The van der Waals surface area contributed by atoms with Crippen molar-refractivity contribution in [1.82, 2.24) is 5.32 Å². The molecule has 0 spiro atoms. The van der Waals surface area contributed by atoms with Crippen LogP contribution >= 0.6 is 23.4 Å². The Kier molecular flexibility index (Phi) is 7.48. The third-order valence-electron chi connectivity index (χ3n) is 3.69. The van der Waals surface area contributed by atoms with E-state index in [1.807, 2.05) is 43.3 Å². The fourth-order valence-electron chi connectivity index (χ4n) is 2.34. The number of ether oxygens (including phenoxy) is 3. The summed E-state index contributed by atoms with van der Waals surface area (Å²) in [5.41, 5.74) is 0.858. The fourth-order valence-corrected chi connectivity index (χ4v) is 3.36. The number of benzene rings is 2. The van der Waals surface area contributed by atoms with Crippen LogP contribution in [-0.2, 0) is 11.3 Å². The molecular weight excluding hydrogens is 374 g/mol. The molecule has 140 valence electrons. The lowest BCUT2D eigenvalue weighted by atomic mass is 10.1. The zero-order valence-corrected chi connectivity index (χ0v) is 16.7. The molecule has 1 amide bonds. The van der Waals surface area contributed by atoms with Crippen molar-refractivity contribution in [2.75, 3.05) is 21.3 Å². The highest BCUT2D eigenvalue weighted by molar-refractivity contribution is 8.00. The van der Waals surface area contributed by atoms with Crippen molar-refractivity contribution in [3.05, 3.63) is 47.0 Å². The van der Waals surface area contributed by atoms with E-state index in [9.17, 15) is 4.79 Å². The lowest BCUT2D eigenvalue weighted by Crippen LogP contribution is -2.30. The highest BCUT2D eigenvalue weighted by Gasteiger charge is 2.16. The first-order valence-electron chi connectivity index (χ1n) is 7.97. The van der Waals surface area contributed by atoms with Crippen molar-refractivity contribution < 1.29 is 19.0 Å². The molecule has 0 bridgehead atoms. The molecule has 2 rings (SSSR count). The maximum atomic E-state index is 12.4. The Labute approximate surface area is 163 Å². The smallest absolute Gasteiger partial charge is 0.233 e. The number of nitrogens with one attached hydrogen (secondary N) is 1. The molecule has 5 nitrogen and oxygen atoms in total. The monoisotopic (exact) mass is 395 g/mol. The lowest BCUT2D eigenvalue weighted by Gasteiger charge is -2.15. The van der Waals surface area contributed by atoms with Gasteiger partial charge < -0.3 is 19.5 Å². The van der Waals surface area contributed by atoms with Crippen LogP contribution in [0.2, 0.25) is 5.02 Å². The van der Waals surface area contributed by atoms with E-state index in [0.29, 0.717) is 28.8 Å². The molecule has 2 aromatic rings. The number of halogens is 1. The summed E-state index contributed by atoms with van der Waals surface area (Å²) < 4.78 is 16.0. The zero-order chi connectivity index (χ0) is 19.1. The van der Waals surface area contributed by atoms with Gasteiger partial charge in [0.15, 0.2) is 11.5 Å². The van der Waals surface area contributed by atoms with E-state index in [-0.39, 0.29) is 11.2 Å². The summed E-state index contributed by atoms with van der Waals surface area (Å²) in [5.74, 6) is 1.58. The maximum Gasteiger partial charge on any atom is 0.233 e. The fraction of sp³-hybridized carbons (Fsp3) is 0.316. The van der Waals surface area contributed by atoms with Gasteiger partial charge in [0.05, 0.1) is 26.6 Å². The Morgan fingerprint density at radius 3 is 2.15 bits per heavy atom. The first-order chi connectivity index (χ1) is 12.5. The summed E-state index contributed by atoms with van der Waals surface area (Å²) in [6, 6.07) is 11.1. The van der Waals surface area contributed by atoms with Crippen LogP contribution in [0.5, 0.6) is 17.2 Å². The second kappa shape index (κ2) is 9.59. The molecular formula is C19H22ClNO4S. The minimum atomic E-state index is -0.238.